The third kappa shape index (κ3) is 3.51. The van der Waals surface area contributed by atoms with Gasteiger partial charge in [-0.25, -0.2) is 0 Å². The van der Waals surface area contributed by atoms with Crippen LogP contribution in [0.25, 0.3) is 0 Å². The van der Waals surface area contributed by atoms with Crippen molar-refractivity contribution >= 4 is 33.2 Å². The van der Waals surface area contributed by atoms with Crippen molar-refractivity contribution in [3.63, 3.8) is 0 Å². The highest BCUT2D eigenvalue weighted by molar-refractivity contribution is 9.09. The number of halogens is 1. The van der Waals surface area contributed by atoms with Crippen LogP contribution in [0.4, 0.5) is 0 Å². The number of thiophene rings is 1. The SMILES string of the molecule is O=C(C1CCCc2sccc21)N1CCCN(CCBr)CC1. The summed E-state index contributed by atoms with van der Waals surface area (Å²) < 4.78 is 0. The molecule has 1 aliphatic carbocycles. The quantitative estimate of drug-likeness (QED) is 0.763. The topological polar surface area (TPSA) is 23.6 Å². The van der Waals surface area contributed by atoms with E-state index in [1.165, 1.54) is 10.4 Å². The van der Waals surface area contributed by atoms with Crippen LogP contribution in [-0.4, -0.2) is 53.8 Å². The van der Waals surface area contributed by atoms with Crippen LogP contribution in [0.5, 0.6) is 0 Å². The average Bonchev–Trinajstić information content (AvgIpc) is 2.86. The van der Waals surface area contributed by atoms with Crippen LogP contribution in [0.15, 0.2) is 11.4 Å². The molecule has 0 N–H and O–H groups in total. The largest absolute Gasteiger partial charge is 0.341 e. The first-order valence-corrected chi connectivity index (χ1v) is 9.93. The van der Waals surface area contributed by atoms with E-state index in [-0.39, 0.29) is 5.92 Å². The lowest BCUT2D eigenvalue weighted by molar-refractivity contribution is -0.133. The van der Waals surface area contributed by atoms with Crippen molar-refractivity contribution in [1.29, 1.82) is 0 Å². The number of fused-ring (bicyclic) bond motifs is 1. The van der Waals surface area contributed by atoms with Gasteiger partial charge in [0, 0.05) is 36.4 Å². The second kappa shape index (κ2) is 7.25. The summed E-state index contributed by atoms with van der Waals surface area (Å²) in [5, 5.41) is 3.16. The van der Waals surface area contributed by atoms with Crippen LogP contribution in [0.3, 0.4) is 0 Å². The fourth-order valence-electron chi connectivity index (χ4n) is 3.50. The Bertz CT molecular complexity index is 490. The number of carbonyl (C=O) groups excluding carboxylic acids is 1. The van der Waals surface area contributed by atoms with Gasteiger partial charge < -0.3 is 9.80 Å². The zero-order valence-electron chi connectivity index (χ0n) is 12.4. The van der Waals surface area contributed by atoms with Crippen molar-refractivity contribution in [2.45, 2.75) is 31.6 Å². The van der Waals surface area contributed by atoms with E-state index in [2.05, 4.69) is 37.2 Å². The van der Waals surface area contributed by atoms with Crippen molar-refractivity contribution in [2.24, 2.45) is 0 Å². The van der Waals surface area contributed by atoms with Gasteiger partial charge in [0.2, 0.25) is 5.91 Å². The highest BCUT2D eigenvalue weighted by atomic mass is 79.9. The normalized spacial score (nSPS) is 23.7. The van der Waals surface area contributed by atoms with Crippen molar-refractivity contribution in [1.82, 2.24) is 9.80 Å². The minimum absolute atomic E-state index is 0.128. The summed E-state index contributed by atoms with van der Waals surface area (Å²) in [7, 11) is 0. The van der Waals surface area contributed by atoms with E-state index in [1.807, 2.05) is 11.3 Å². The van der Waals surface area contributed by atoms with E-state index >= 15 is 0 Å². The molecule has 0 bridgehead atoms. The fraction of sp³-hybridized carbons (Fsp3) is 0.688. The maximum absolute atomic E-state index is 12.9. The summed E-state index contributed by atoms with van der Waals surface area (Å²) in [5.41, 5.74) is 1.32. The number of amides is 1. The van der Waals surface area contributed by atoms with Crippen LogP contribution >= 0.6 is 27.3 Å². The Hall–Kier alpha value is -0.390. The monoisotopic (exact) mass is 370 g/mol. The second-order valence-electron chi connectivity index (χ2n) is 5.95. The Morgan fingerprint density at radius 2 is 2.19 bits per heavy atom. The number of aryl methyl sites for hydroxylation is 1. The molecule has 0 radical (unpaired) electrons. The van der Waals surface area contributed by atoms with Crippen molar-refractivity contribution in [3.05, 3.63) is 21.9 Å². The number of alkyl halides is 1. The average molecular weight is 371 g/mol. The van der Waals surface area contributed by atoms with Gasteiger partial charge in [-0.1, -0.05) is 15.9 Å². The molecule has 1 amide bonds. The van der Waals surface area contributed by atoms with Gasteiger partial charge in [-0.05, 0) is 49.2 Å². The molecule has 21 heavy (non-hydrogen) atoms. The number of hydrogen-bond donors (Lipinski definition) is 0. The number of nitrogens with zero attached hydrogens (tertiary/aromatic N) is 2. The number of rotatable bonds is 3. The Labute approximate surface area is 139 Å². The summed E-state index contributed by atoms with van der Waals surface area (Å²) in [6.45, 7) is 5.03. The van der Waals surface area contributed by atoms with E-state index in [1.54, 1.807) is 0 Å². The molecule has 3 nitrogen and oxygen atoms in total. The third-order valence-corrected chi connectivity index (χ3v) is 6.00. The van der Waals surface area contributed by atoms with Gasteiger partial charge in [0.05, 0.1) is 5.92 Å². The van der Waals surface area contributed by atoms with Crippen LogP contribution in [0, 0.1) is 0 Å². The lowest BCUT2D eigenvalue weighted by atomic mass is 9.86. The van der Waals surface area contributed by atoms with Crippen LogP contribution in [0.2, 0.25) is 0 Å². The highest BCUT2D eigenvalue weighted by Gasteiger charge is 2.31. The van der Waals surface area contributed by atoms with Crippen LogP contribution < -0.4 is 0 Å². The van der Waals surface area contributed by atoms with Gasteiger partial charge in [0.25, 0.3) is 0 Å². The lowest BCUT2D eigenvalue weighted by Gasteiger charge is -2.29. The second-order valence-corrected chi connectivity index (χ2v) is 7.75. The number of hydrogen-bond acceptors (Lipinski definition) is 3. The predicted molar refractivity (Wildman–Crippen MR) is 91.4 cm³/mol. The summed E-state index contributed by atoms with van der Waals surface area (Å²) in [6.07, 6.45) is 4.45. The molecule has 1 atom stereocenters. The molecule has 1 aromatic rings. The molecule has 1 aliphatic heterocycles. The maximum atomic E-state index is 12.9. The van der Waals surface area contributed by atoms with E-state index < -0.39 is 0 Å². The molecule has 0 aromatic carbocycles. The molecule has 3 rings (SSSR count). The Kier molecular flexibility index (Phi) is 5.35. The minimum atomic E-state index is 0.128. The van der Waals surface area contributed by atoms with E-state index in [0.717, 1.165) is 63.7 Å². The molecule has 5 heteroatoms. The van der Waals surface area contributed by atoms with Crippen molar-refractivity contribution in [2.75, 3.05) is 38.1 Å². The minimum Gasteiger partial charge on any atom is -0.341 e. The molecule has 0 spiro atoms. The van der Waals surface area contributed by atoms with E-state index in [0.29, 0.717) is 5.91 Å². The highest BCUT2D eigenvalue weighted by Crippen LogP contribution is 2.36. The zero-order chi connectivity index (χ0) is 14.7. The van der Waals surface area contributed by atoms with E-state index in [4.69, 9.17) is 0 Å². The fourth-order valence-corrected chi connectivity index (χ4v) is 4.99. The third-order valence-electron chi connectivity index (χ3n) is 4.65. The van der Waals surface area contributed by atoms with Gasteiger partial charge in [0.1, 0.15) is 0 Å². The van der Waals surface area contributed by atoms with Gasteiger partial charge in [0.15, 0.2) is 0 Å². The Morgan fingerprint density at radius 1 is 1.29 bits per heavy atom. The van der Waals surface area contributed by atoms with Gasteiger partial charge in [-0.2, -0.15) is 0 Å². The predicted octanol–water partition coefficient (Wildman–Crippen LogP) is 3.10. The molecular weight excluding hydrogens is 348 g/mol. The molecule has 1 aromatic heterocycles. The summed E-state index contributed by atoms with van der Waals surface area (Å²) in [5.74, 6) is 0.498. The molecular formula is C16H23BrN2OS. The van der Waals surface area contributed by atoms with Crippen LogP contribution in [0.1, 0.15) is 35.6 Å². The molecule has 1 fully saturated rings. The standard InChI is InChI=1S/C16H23BrN2OS/c17-6-9-18-7-2-8-19(11-10-18)16(20)14-3-1-4-15-13(14)5-12-21-15/h5,12,14H,1-4,6-11H2. The molecule has 1 saturated heterocycles. The van der Waals surface area contributed by atoms with Crippen molar-refractivity contribution in [3.8, 4) is 0 Å². The molecule has 2 heterocycles. The lowest BCUT2D eigenvalue weighted by Crippen LogP contribution is -2.39. The summed E-state index contributed by atoms with van der Waals surface area (Å²) in [6, 6.07) is 2.18. The summed E-state index contributed by atoms with van der Waals surface area (Å²) in [4.78, 5) is 18.9. The molecule has 116 valence electrons. The summed E-state index contributed by atoms with van der Waals surface area (Å²) >= 11 is 5.33. The smallest absolute Gasteiger partial charge is 0.230 e. The maximum Gasteiger partial charge on any atom is 0.230 e. The van der Waals surface area contributed by atoms with E-state index in [9.17, 15) is 4.79 Å². The Morgan fingerprint density at radius 3 is 3.05 bits per heavy atom. The number of carbonyl (C=O) groups is 1. The zero-order valence-corrected chi connectivity index (χ0v) is 14.8. The van der Waals surface area contributed by atoms with Crippen LogP contribution in [-0.2, 0) is 11.2 Å². The first kappa shape index (κ1) is 15.5. The molecule has 2 aliphatic rings. The molecule has 0 saturated carbocycles. The Balaban J connectivity index is 1.66. The first-order valence-electron chi connectivity index (χ1n) is 7.93. The first-order chi connectivity index (χ1) is 10.3. The molecule has 1 unspecified atom stereocenters. The van der Waals surface area contributed by atoms with Gasteiger partial charge in [-0.3, -0.25) is 4.79 Å². The van der Waals surface area contributed by atoms with Crippen molar-refractivity contribution < 1.29 is 4.79 Å². The van der Waals surface area contributed by atoms with Gasteiger partial charge >= 0.3 is 0 Å². The van der Waals surface area contributed by atoms with Gasteiger partial charge in [-0.15, -0.1) is 11.3 Å².